The summed E-state index contributed by atoms with van der Waals surface area (Å²) < 4.78 is 0. The molecule has 0 aromatic carbocycles. The van der Waals surface area contributed by atoms with E-state index in [0.29, 0.717) is 18.9 Å². The average Bonchev–Trinajstić information content (AvgIpc) is 2.04. The van der Waals surface area contributed by atoms with Crippen LogP contribution in [0.25, 0.3) is 0 Å². The standard InChI is InChI=1S/C8H16N2O2/c1-6-2-3-7(5-9)8(4-6)10(11)12/h6-8H,2-5,9H2,1H3. The Kier molecular flexibility index (Phi) is 3.03. The molecule has 0 bridgehead atoms. The van der Waals surface area contributed by atoms with E-state index in [-0.39, 0.29) is 10.8 Å². The first-order valence-electron chi connectivity index (χ1n) is 4.48. The van der Waals surface area contributed by atoms with Crippen molar-refractivity contribution in [1.82, 2.24) is 0 Å². The average molecular weight is 172 g/mol. The van der Waals surface area contributed by atoms with E-state index in [9.17, 15) is 10.1 Å². The summed E-state index contributed by atoms with van der Waals surface area (Å²) in [5.74, 6) is 0.597. The molecule has 1 saturated carbocycles. The number of hydrogen-bond acceptors (Lipinski definition) is 3. The van der Waals surface area contributed by atoms with Crippen LogP contribution in [0, 0.1) is 22.0 Å². The molecule has 70 valence electrons. The predicted octanol–water partition coefficient (Wildman–Crippen LogP) is 1.03. The number of nitrogens with zero attached hydrogens (tertiary/aromatic N) is 1. The molecule has 1 aliphatic carbocycles. The number of rotatable bonds is 2. The van der Waals surface area contributed by atoms with Gasteiger partial charge in [0.2, 0.25) is 6.04 Å². The van der Waals surface area contributed by atoms with Crippen LogP contribution in [-0.4, -0.2) is 17.5 Å². The number of hydrogen-bond donors (Lipinski definition) is 1. The molecule has 2 N–H and O–H groups in total. The van der Waals surface area contributed by atoms with Gasteiger partial charge in [0.15, 0.2) is 0 Å². The summed E-state index contributed by atoms with van der Waals surface area (Å²) in [7, 11) is 0. The molecule has 0 radical (unpaired) electrons. The van der Waals surface area contributed by atoms with E-state index in [1.807, 2.05) is 0 Å². The van der Waals surface area contributed by atoms with Crippen LogP contribution in [-0.2, 0) is 0 Å². The second kappa shape index (κ2) is 3.85. The molecule has 0 saturated heterocycles. The highest BCUT2D eigenvalue weighted by Crippen LogP contribution is 2.29. The molecular weight excluding hydrogens is 156 g/mol. The van der Waals surface area contributed by atoms with Gasteiger partial charge < -0.3 is 5.73 Å². The topological polar surface area (TPSA) is 69.2 Å². The second-order valence-electron chi connectivity index (χ2n) is 3.77. The van der Waals surface area contributed by atoms with Crippen molar-refractivity contribution in [2.75, 3.05) is 6.54 Å². The maximum absolute atomic E-state index is 10.6. The lowest BCUT2D eigenvalue weighted by Gasteiger charge is -2.27. The lowest BCUT2D eigenvalue weighted by molar-refractivity contribution is -0.536. The van der Waals surface area contributed by atoms with Crippen LogP contribution < -0.4 is 5.73 Å². The first kappa shape index (κ1) is 9.45. The summed E-state index contributed by atoms with van der Waals surface area (Å²) in [6.07, 6.45) is 2.71. The zero-order chi connectivity index (χ0) is 9.14. The molecule has 0 aliphatic heterocycles. The van der Waals surface area contributed by atoms with Gasteiger partial charge in [0, 0.05) is 23.8 Å². The van der Waals surface area contributed by atoms with Crippen LogP contribution in [0.3, 0.4) is 0 Å². The lowest BCUT2D eigenvalue weighted by Crippen LogP contribution is -2.38. The van der Waals surface area contributed by atoms with Gasteiger partial charge in [-0.1, -0.05) is 6.92 Å². The normalized spacial score (nSPS) is 36.3. The van der Waals surface area contributed by atoms with Crippen molar-refractivity contribution >= 4 is 0 Å². The van der Waals surface area contributed by atoms with Crippen LogP contribution in [0.4, 0.5) is 0 Å². The molecule has 0 aromatic rings. The molecule has 0 amide bonds. The molecule has 4 nitrogen and oxygen atoms in total. The van der Waals surface area contributed by atoms with E-state index in [0.717, 1.165) is 12.8 Å². The Morgan fingerprint density at radius 2 is 2.25 bits per heavy atom. The van der Waals surface area contributed by atoms with Crippen LogP contribution in [0.5, 0.6) is 0 Å². The first-order valence-corrected chi connectivity index (χ1v) is 4.48. The zero-order valence-electron chi connectivity index (χ0n) is 7.40. The van der Waals surface area contributed by atoms with Crippen molar-refractivity contribution in [2.24, 2.45) is 17.6 Å². The Morgan fingerprint density at radius 1 is 1.58 bits per heavy atom. The fourth-order valence-electron chi connectivity index (χ4n) is 1.95. The van der Waals surface area contributed by atoms with Crippen molar-refractivity contribution in [1.29, 1.82) is 0 Å². The van der Waals surface area contributed by atoms with Crippen LogP contribution in [0.1, 0.15) is 26.2 Å². The van der Waals surface area contributed by atoms with Crippen molar-refractivity contribution in [3.63, 3.8) is 0 Å². The monoisotopic (exact) mass is 172 g/mol. The smallest absolute Gasteiger partial charge is 0.217 e. The van der Waals surface area contributed by atoms with Gasteiger partial charge in [-0.2, -0.15) is 0 Å². The predicted molar refractivity (Wildman–Crippen MR) is 46.3 cm³/mol. The SMILES string of the molecule is CC1CCC(CN)C([N+](=O)[O-])C1. The Labute approximate surface area is 72.3 Å². The van der Waals surface area contributed by atoms with E-state index >= 15 is 0 Å². The third-order valence-electron chi connectivity index (χ3n) is 2.79. The molecule has 3 atom stereocenters. The second-order valence-corrected chi connectivity index (χ2v) is 3.77. The highest BCUT2D eigenvalue weighted by molar-refractivity contribution is 4.78. The van der Waals surface area contributed by atoms with Gasteiger partial charge in [0.1, 0.15) is 0 Å². The summed E-state index contributed by atoms with van der Waals surface area (Å²) in [5, 5.41) is 10.6. The highest BCUT2D eigenvalue weighted by atomic mass is 16.6. The summed E-state index contributed by atoms with van der Waals surface area (Å²) in [6.45, 7) is 2.53. The highest BCUT2D eigenvalue weighted by Gasteiger charge is 2.35. The van der Waals surface area contributed by atoms with Crippen LogP contribution >= 0.6 is 0 Å². The fraction of sp³-hybridized carbons (Fsp3) is 1.00. The minimum absolute atomic E-state index is 0.108. The van der Waals surface area contributed by atoms with E-state index in [2.05, 4.69) is 6.92 Å². The largest absolute Gasteiger partial charge is 0.330 e. The van der Waals surface area contributed by atoms with Gasteiger partial charge in [0.25, 0.3) is 0 Å². The molecule has 0 heterocycles. The van der Waals surface area contributed by atoms with Gasteiger partial charge in [-0.15, -0.1) is 0 Å². The Morgan fingerprint density at radius 3 is 2.75 bits per heavy atom. The van der Waals surface area contributed by atoms with Gasteiger partial charge in [-0.05, 0) is 18.8 Å². The van der Waals surface area contributed by atoms with Crippen molar-refractivity contribution in [3.05, 3.63) is 10.1 Å². The van der Waals surface area contributed by atoms with E-state index in [1.165, 1.54) is 0 Å². The third-order valence-corrected chi connectivity index (χ3v) is 2.79. The Balaban J connectivity index is 2.58. The van der Waals surface area contributed by atoms with Crippen LogP contribution in [0.15, 0.2) is 0 Å². The van der Waals surface area contributed by atoms with Crippen molar-refractivity contribution in [2.45, 2.75) is 32.2 Å². The first-order chi connectivity index (χ1) is 5.65. The van der Waals surface area contributed by atoms with Crippen LogP contribution in [0.2, 0.25) is 0 Å². The van der Waals surface area contributed by atoms with E-state index in [1.54, 1.807) is 0 Å². The van der Waals surface area contributed by atoms with Gasteiger partial charge in [0.05, 0.1) is 0 Å². The molecule has 4 heteroatoms. The van der Waals surface area contributed by atoms with Crippen molar-refractivity contribution in [3.8, 4) is 0 Å². The van der Waals surface area contributed by atoms with Gasteiger partial charge >= 0.3 is 0 Å². The summed E-state index contributed by atoms with van der Waals surface area (Å²) in [6, 6.07) is -0.390. The molecule has 1 fully saturated rings. The summed E-state index contributed by atoms with van der Waals surface area (Å²) in [4.78, 5) is 10.5. The molecule has 12 heavy (non-hydrogen) atoms. The number of nitrogens with two attached hydrogens (primary N) is 1. The molecular formula is C8H16N2O2. The molecule has 1 aliphatic rings. The maximum Gasteiger partial charge on any atom is 0.217 e. The fourth-order valence-corrected chi connectivity index (χ4v) is 1.95. The van der Waals surface area contributed by atoms with Gasteiger partial charge in [-0.3, -0.25) is 10.1 Å². The Bertz CT molecular complexity index is 172. The number of nitro groups is 1. The zero-order valence-corrected chi connectivity index (χ0v) is 7.40. The van der Waals surface area contributed by atoms with E-state index < -0.39 is 6.04 Å². The van der Waals surface area contributed by atoms with Crippen molar-refractivity contribution < 1.29 is 4.92 Å². The lowest BCUT2D eigenvalue weighted by atomic mass is 9.79. The quantitative estimate of drug-likeness (QED) is 0.499. The third kappa shape index (κ3) is 1.94. The Hall–Kier alpha value is -0.640. The minimum Gasteiger partial charge on any atom is -0.330 e. The summed E-state index contributed by atoms with van der Waals surface area (Å²) in [5.41, 5.74) is 5.47. The molecule has 3 unspecified atom stereocenters. The maximum atomic E-state index is 10.6. The van der Waals surface area contributed by atoms with E-state index in [4.69, 9.17) is 5.73 Å². The molecule has 0 spiro atoms. The van der Waals surface area contributed by atoms with Gasteiger partial charge in [-0.25, -0.2) is 0 Å². The minimum atomic E-state index is -0.390. The summed E-state index contributed by atoms with van der Waals surface area (Å²) >= 11 is 0. The molecule has 0 aromatic heterocycles. The molecule has 1 rings (SSSR count).